The molecule has 2 rings (SSSR count). The molecule has 20 heavy (non-hydrogen) atoms. The van der Waals surface area contributed by atoms with Gasteiger partial charge in [0.05, 0.1) is 11.3 Å². The van der Waals surface area contributed by atoms with Gasteiger partial charge >= 0.3 is 12.2 Å². The monoisotopic (exact) mass is 365 g/mol. The molecular weight excluding hydrogens is 359 g/mol. The van der Waals surface area contributed by atoms with Gasteiger partial charge in [0.25, 0.3) is 0 Å². The van der Waals surface area contributed by atoms with Crippen molar-refractivity contribution in [2.24, 2.45) is 0 Å². The van der Waals surface area contributed by atoms with Crippen molar-refractivity contribution in [2.75, 3.05) is 10.6 Å². The van der Waals surface area contributed by atoms with Gasteiger partial charge in [0.1, 0.15) is 0 Å². The largest absolute Gasteiger partial charge is 0.418 e. The zero-order valence-corrected chi connectivity index (χ0v) is 12.1. The van der Waals surface area contributed by atoms with E-state index in [0.29, 0.717) is 5.13 Å². The van der Waals surface area contributed by atoms with E-state index in [0.717, 1.165) is 17.4 Å². The molecule has 0 saturated heterocycles. The van der Waals surface area contributed by atoms with Crippen LogP contribution in [0.3, 0.4) is 0 Å². The summed E-state index contributed by atoms with van der Waals surface area (Å²) in [6, 6.07) is 2.70. The minimum atomic E-state index is -4.56. The minimum Gasteiger partial charge on any atom is -0.307 e. The first-order chi connectivity index (χ1) is 9.36. The predicted octanol–water partition coefficient (Wildman–Crippen LogP) is 4.57. The number of amides is 2. The molecule has 2 N–H and O–H groups in total. The Hall–Kier alpha value is -1.61. The Balaban J connectivity index is 2.19. The summed E-state index contributed by atoms with van der Waals surface area (Å²) >= 11 is 4.13. The number of hydrogen-bond donors (Lipinski definition) is 2. The number of hydrogen-bond acceptors (Lipinski definition) is 3. The van der Waals surface area contributed by atoms with E-state index in [-0.39, 0.29) is 10.2 Å². The molecule has 0 aliphatic carbocycles. The van der Waals surface area contributed by atoms with Crippen LogP contribution in [0.15, 0.2) is 34.2 Å². The quantitative estimate of drug-likeness (QED) is 0.818. The summed E-state index contributed by atoms with van der Waals surface area (Å²) in [5, 5.41) is 6.43. The van der Waals surface area contributed by atoms with Crippen LogP contribution < -0.4 is 10.6 Å². The average Bonchev–Trinajstić information content (AvgIpc) is 2.82. The van der Waals surface area contributed by atoms with Crippen LogP contribution in [0.1, 0.15) is 5.56 Å². The van der Waals surface area contributed by atoms with Gasteiger partial charge in [-0.15, -0.1) is 11.3 Å². The van der Waals surface area contributed by atoms with E-state index in [4.69, 9.17) is 0 Å². The zero-order chi connectivity index (χ0) is 14.8. The summed E-state index contributed by atoms with van der Waals surface area (Å²) in [6.07, 6.45) is -3.09. The number of rotatable bonds is 2. The SMILES string of the molecule is O=C(Nc1nccs1)Nc1ccc(Br)cc1C(F)(F)F. The van der Waals surface area contributed by atoms with Crippen LogP contribution in [0, 0.1) is 0 Å². The van der Waals surface area contributed by atoms with Gasteiger partial charge in [0.2, 0.25) is 0 Å². The van der Waals surface area contributed by atoms with Crippen molar-refractivity contribution in [2.45, 2.75) is 6.18 Å². The standard InChI is InChI=1S/C11H7BrF3N3OS/c12-6-1-2-8(7(5-6)11(13,14)15)17-9(19)18-10-16-3-4-20-10/h1-5H,(H2,16,17,18,19). The molecule has 1 aromatic heterocycles. The second-order valence-electron chi connectivity index (χ2n) is 3.60. The molecule has 0 aliphatic rings. The second kappa shape index (κ2) is 5.80. The molecule has 0 radical (unpaired) electrons. The fourth-order valence-electron chi connectivity index (χ4n) is 1.40. The lowest BCUT2D eigenvalue weighted by atomic mass is 10.1. The number of benzene rings is 1. The van der Waals surface area contributed by atoms with Crippen LogP contribution in [0.4, 0.5) is 28.8 Å². The van der Waals surface area contributed by atoms with Gasteiger partial charge in [-0.2, -0.15) is 13.2 Å². The molecule has 2 amide bonds. The zero-order valence-electron chi connectivity index (χ0n) is 9.66. The van der Waals surface area contributed by atoms with Gasteiger partial charge in [-0.1, -0.05) is 15.9 Å². The molecule has 0 unspecified atom stereocenters. The molecule has 106 valence electrons. The summed E-state index contributed by atoms with van der Waals surface area (Å²) in [6.45, 7) is 0. The molecule has 0 bridgehead atoms. The maximum absolute atomic E-state index is 12.9. The highest BCUT2D eigenvalue weighted by molar-refractivity contribution is 9.10. The first kappa shape index (κ1) is 14.8. The maximum atomic E-state index is 12.9. The van der Waals surface area contributed by atoms with Crippen LogP contribution in [-0.4, -0.2) is 11.0 Å². The van der Waals surface area contributed by atoms with E-state index in [2.05, 4.69) is 31.5 Å². The topological polar surface area (TPSA) is 54.0 Å². The Bertz CT molecular complexity index is 616. The Labute approximate surface area is 124 Å². The summed E-state index contributed by atoms with van der Waals surface area (Å²) < 4.78 is 38.8. The maximum Gasteiger partial charge on any atom is 0.418 e. The highest BCUT2D eigenvalue weighted by atomic mass is 79.9. The average molecular weight is 366 g/mol. The molecule has 0 spiro atoms. The normalized spacial score (nSPS) is 11.2. The Morgan fingerprint density at radius 2 is 2.05 bits per heavy atom. The molecule has 2 aromatic rings. The summed E-state index contributed by atoms with van der Waals surface area (Å²) in [7, 11) is 0. The van der Waals surface area contributed by atoms with Crippen molar-refractivity contribution in [1.29, 1.82) is 0 Å². The molecular formula is C11H7BrF3N3OS. The first-order valence-corrected chi connectivity index (χ1v) is 6.88. The number of carbonyl (C=O) groups excluding carboxylic acids is 1. The van der Waals surface area contributed by atoms with E-state index in [1.807, 2.05) is 0 Å². The summed E-state index contributed by atoms with van der Waals surface area (Å²) in [5.74, 6) is 0. The number of anilines is 2. The van der Waals surface area contributed by atoms with E-state index >= 15 is 0 Å². The number of halogens is 4. The molecule has 1 heterocycles. The van der Waals surface area contributed by atoms with Crippen LogP contribution in [0.5, 0.6) is 0 Å². The lowest BCUT2D eigenvalue weighted by molar-refractivity contribution is -0.136. The van der Waals surface area contributed by atoms with Crippen molar-refractivity contribution in [3.63, 3.8) is 0 Å². The molecule has 9 heteroatoms. The van der Waals surface area contributed by atoms with Gasteiger partial charge in [-0.3, -0.25) is 5.32 Å². The van der Waals surface area contributed by atoms with Gasteiger partial charge in [-0.25, -0.2) is 9.78 Å². The number of nitrogens with one attached hydrogen (secondary N) is 2. The van der Waals surface area contributed by atoms with Crippen LogP contribution in [0.2, 0.25) is 0 Å². The van der Waals surface area contributed by atoms with Crippen LogP contribution in [-0.2, 0) is 6.18 Å². The third-order valence-electron chi connectivity index (χ3n) is 2.19. The summed E-state index contributed by atoms with van der Waals surface area (Å²) in [5.41, 5.74) is -1.25. The number of alkyl halides is 3. The van der Waals surface area contributed by atoms with Crippen molar-refractivity contribution < 1.29 is 18.0 Å². The van der Waals surface area contributed by atoms with Crippen molar-refractivity contribution in [3.05, 3.63) is 39.8 Å². The van der Waals surface area contributed by atoms with Crippen LogP contribution in [0.25, 0.3) is 0 Å². The number of aromatic nitrogens is 1. The Kier molecular flexibility index (Phi) is 4.29. The third kappa shape index (κ3) is 3.70. The van der Waals surface area contributed by atoms with Gasteiger partial charge in [0, 0.05) is 16.0 Å². The fraction of sp³-hybridized carbons (Fsp3) is 0.0909. The van der Waals surface area contributed by atoms with Gasteiger partial charge < -0.3 is 5.32 Å². The van der Waals surface area contributed by atoms with E-state index in [1.54, 1.807) is 5.38 Å². The number of nitrogens with zero attached hydrogens (tertiary/aromatic N) is 1. The third-order valence-corrected chi connectivity index (χ3v) is 3.37. The number of urea groups is 1. The number of carbonyl (C=O) groups is 1. The van der Waals surface area contributed by atoms with Gasteiger partial charge in [-0.05, 0) is 18.2 Å². The Morgan fingerprint density at radius 3 is 2.65 bits per heavy atom. The minimum absolute atomic E-state index is 0.274. The van der Waals surface area contributed by atoms with Crippen molar-refractivity contribution in [1.82, 2.24) is 4.98 Å². The predicted molar refractivity (Wildman–Crippen MR) is 73.9 cm³/mol. The molecule has 4 nitrogen and oxygen atoms in total. The van der Waals surface area contributed by atoms with E-state index in [1.165, 1.54) is 18.3 Å². The molecule has 1 aromatic carbocycles. The fourth-order valence-corrected chi connectivity index (χ4v) is 2.28. The lowest BCUT2D eigenvalue weighted by Gasteiger charge is -2.14. The molecule has 0 atom stereocenters. The molecule has 0 aliphatic heterocycles. The van der Waals surface area contributed by atoms with Gasteiger partial charge in [0.15, 0.2) is 5.13 Å². The summed E-state index contributed by atoms with van der Waals surface area (Å²) in [4.78, 5) is 15.4. The number of thiazole rings is 1. The Morgan fingerprint density at radius 1 is 1.30 bits per heavy atom. The van der Waals surface area contributed by atoms with E-state index < -0.39 is 17.8 Å². The smallest absolute Gasteiger partial charge is 0.307 e. The highest BCUT2D eigenvalue weighted by Gasteiger charge is 2.34. The highest BCUT2D eigenvalue weighted by Crippen LogP contribution is 2.36. The first-order valence-electron chi connectivity index (χ1n) is 5.20. The molecule has 0 saturated carbocycles. The van der Waals surface area contributed by atoms with E-state index in [9.17, 15) is 18.0 Å². The molecule has 0 fully saturated rings. The second-order valence-corrected chi connectivity index (χ2v) is 5.41. The van der Waals surface area contributed by atoms with Crippen molar-refractivity contribution in [3.8, 4) is 0 Å². The van der Waals surface area contributed by atoms with Crippen molar-refractivity contribution >= 4 is 44.1 Å². The van der Waals surface area contributed by atoms with Crippen LogP contribution >= 0.6 is 27.3 Å². The lowest BCUT2D eigenvalue weighted by Crippen LogP contribution is -2.21.